The van der Waals surface area contributed by atoms with Gasteiger partial charge in [-0.2, -0.15) is 5.10 Å². The van der Waals surface area contributed by atoms with Crippen LogP contribution >= 0.6 is 0 Å². The molecule has 0 aliphatic heterocycles. The van der Waals surface area contributed by atoms with Crippen molar-refractivity contribution in [3.63, 3.8) is 0 Å². The quantitative estimate of drug-likeness (QED) is 0.416. The molecule has 4 rings (SSSR count). The van der Waals surface area contributed by atoms with Gasteiger partial charge in [0.1, 0.15) is 17.1 Å². The Bertz CT molecular complexity index is 1160. The fourth-order valence-electron chi connectivity index (χ4n) is 3.04. The van der Waals surface area contributed by atoms with Crippen LogP contribution in [0.15, 0.2) is 70.2 Å². The summed E-state index contributed by atoms with van der Waals surface area (Å²) in [7, 11) is 3.20. The number of para-hydroxylation sites is 1. The van der Waals surface area contributed by atoms with Crippen molar-refractivity contribution in [2.24, 2.45) is 5.10 Å². The van der Waals surface area contributed by atoms with E-state index in [9.17, 15) is 4.79 Å². The van der Waals surface area contributed by atoms with Gasteiger partial charge in [0.2, 0.25) is 0 Å². The van der Waals surface area contributed by atoms with Crippen molar-refractivity contribution < 1.29 is 18.7 Å². The van der Waals surface area contributed by atoms with E-state index in [2.05, 4.69) is 10.5 Å². The smallest absolute Gasteiger partial charge is 0.307 e. The zero-order chi connectivity index (χ0) is 19.5. The van der Waals surface area contributed by atoms with Gasteiger partial charge < -0.3 is 13.9 Å². The fraction of sp³-hybridized carbons (Fsp3) is 0.0909. The second-order valence-corrected chi connectivity index (χ2v) is 6.12. The van der Waals surface area contributed by atoms with Gasteiger partial charge in [-0.3, -0.25) is 4.79 Å². The van der Waals surface area contributed by atoms with E-state index in [-0.39, 0.29) is 5.76 Å². The van der Waals surface area contributed by atoms with Crippen molar-refractivity contribution in [2.75, 3.05) is 14.2 Å². The molecule has 0 bridgehead atoms. The summed E-state index contributed by atoms with van der Waals surface area (Å²) in [5.74, 6) is 1.14. The van der Waals surface area contributed by atoms with Crippen LogP contribution < -0.4 is 14.9 Å². The first-order valence-corrected chi connectivity index (χ1v) is 8.66. The minimum atomic E-state index is -0.427. The molecule has 1 heterocycles. The predicted octanol–water partition coefficient (Wildman–Crippen LogP) is 4.37. The lowest BCUT2D eigenvalue weighted by molar-refractivity contribution is 0.0929. The number of methoxy groups -OCH3 is 2. The molecule has 3 aromatic carbocycles. The van der Waals surface area contributed by atoms with Crippen molar-refractivity contribution in [1.29, 1.82) is 0 Å². The maximum Gasteiger partial charge on any atom is 0.307 e. The highest BCUT2D eigenvalue weighted by atomic mass is 16.5. The van der Waals surface area contributed by atoms with Crippen LogP contribution in [0.1, 0.15) is 16.1 Å². The fourth-order valence-corrected chi connectivity index (χ4v) is 3.04. The first-order chi connectivity index (χ1) is 13.7. The molecule has 140 valence electrons. The number of furan rings is 1. The number of carbonyl (C=O) groups excluding carboxylic acids is 1. The van der Waals surface area contributed by atoms with Crippen LogP contribution in [-0.4, -0.2) is 26.3 Å². The van der Waals surface area contributed by atoms with Crippen molar-refractivity contribution >= 4 is 33.9 Å². The molecule has 0 saturated carbocycles. The van der Waals surface area contributed by atoms with Gasteiger partial charge in [-0.15, -0.1) is 0 Å². The molecule has 1 aromatic heterocycles. The minimum Gasteiger partial charge on any atom is -0.497 e. The molecule has 0 atom stereocenters. The molecule has 4 aromatic rings. The van der Waals surface area contributed by atoms with E-state index in [1.807, 2.05) is 54.6 Å². The number of ether oxygens (including phenoxy) is 2. The first kappa shape index (κ1) is 17.6. The van der Waals surface area contributed by atoms with Gasteiger partial charge in [0.05, 0.1) is 20.4 Å². The van der Waals surface area contributed by atoms with Crippen LogP contribution in [0.4, 0.5) is 0 Å². The van der Waals surface area contributed by atoms with E-state index in [1.165, 1.54) is 0 Å². The molecular weight excluding hydrogens is 356 g/mol. The molecule has 28 heavy (non-hydrogen) atoms. The average molecular weight is 374 g/mol. The number of hydrogen-bond donors (Lipinski definition) is 1. The zero-order valence-electron chi connectivity index (χ0n) is 15.4. The predicted molar refractivity (Wildman–Crippen MR) is 108 cm³/mol. The molecule has 0 spiro atoms. The lowest BCUT2D eigenvalue weighted by Crippen LogP contribution is -2.16. The molecule has 0 radical (unpaired) electrons. The number of nitrogens with zero attached hydrogens (tertiary/aromatic N) is 1. The summed E-state index contributed by atoms with van der Waals surface area (Å²) < 4.78 is 16.3. The van der Waals surface area contributed by atoms with E-state index in [4.69, 9.17) is 13.9 Å². The van der Waals surface area contributed by atoms with Gasteiger partial charge in [0.15, 0.2) is 5.76 Å². The lowest BCUT2D eigenvalue weighted by Gasteiger charge is -2.10. The number of amides is 1. The van der Waals surface area contributed by atoms with Gasteiger partial charge in [-0.1, -0.05) is 30.3 Å². The number of hydrazone groups is 1. The maximum atomic E-state index is 12.4. The number of hydrogen-bond acceptors (Lipinski definition) is 5. The molecule has 6 nitrogen and oxygen atoms in total. The minimum absolute atomic E-state index is 0.199. The van der Waals surface area contributed by atoms with Gasteiger partial charge >= 0.3 is 5.91 Å². The van der Waals surface area contributed by atoms with Gasteiger partial charge in [-0.05, 0) is 41.1 Å². The van der Waals surface area contributed by atoms with E-state index in [0.717, 1.165) is 27.5 Å². The molecular formula is C22H18N2O4. The zero-order valence-corrected chi connectivity index (χ0v) is 15.4. The van der Waals surface area contributed by atoms with Crippen LogP contribution in [0.3, 0.4) is 0 Å². The highest BCUT2D eigenvalue weighted by Crippen LogP contribution is 2.29. The Labute approximate surface area is 161 Å². The Morgan fingerprint density at radius 3 is 2.61 bits per heavy atom. The third-order valence-corrected chi connectivity index (χ3v) is 4.46. The molecule has 0 aliphatic rings. The molecule has 0 fully saturated rings. The third-order valence-electron chi connectivity index (χ3n) is 4.46. The molecule has 6 heteroatoms. The third kappa shape index (κ3) is 3.27. The Hall–Kier alpha value is -3.80. The standard InChI is InChI=1S/C22H18N2O4/c1-26-16-9-7-14-8-10-20(27-2)18(17(14)12-16)13-23-24-22(25)21-11-15-5-3-4-6-19(15)28-21/h3-13H,1-2H3,(H,24,25). The SMILES string of the molecule is COc1ccc2ccc(OC)c(C=NNC(=O)c3cc4ccccc4o3)c2c1. The van der Waals surface area contributed by atoms with Crippen LogP contribution in [-0.2, 0) is 0 Å². The molecule has 1 amide bonds. The van der Waals surface area contributed by atoms with Gasteiger partial charge in [0.25, 0.3) is 0 Å². The second kappa shape index (κ2) is 7.44. The summed E-state index contributed by atoms with van der Waals surface area (Å²) in [5, 5.41) is 6.87. The van der Waals surface area contributed by atoms with Crippen LogP contribution in [0.25, 0.3) is 21.7 Å². The maximum absolute atomic E-state index is 12.4. The van der Waals surface area contributed by atoms with E-state index in [0.29, 0.717) is 11.3 Å². The number of fused-ring (bicyclic) bond motifs is 2. The summed E-state index contributed by atoms with van der Waals surface area (Å²) in [6.07, 6.45) is 1.56. The highest BCUT2D eigenvalue weighted by Gasteiger charge is 2.12. The average Bonchev–Trinajstić information content (AvgIpc) is 3.17. The van der Waals surface area contributed by atoms with Crippen LogP contribution in [0.5, 0.6) is 11.5 Å². The monoisotopic (exact) mass is 374 g/mol. The molecule has 1 N–H and O–H groups in total. The number of nitrogens with one attached hydrogen (secondary N) is 1. The van der Waals surface area contributed by atoms with Crippen molar-refractivity contribution in [3.8, 4) is 11.5 Å². The Morgan fingerprint density at radius 1 is 1.00 bits per heavy atom. The summed E-state index contributed by atoms with van der Waals surface area (Å²) in [6.45, 7) is 0. The lowest BCUT2D eigenvalue weighted by atomic mass is 10.0. The topological polar surface area (TPSA) is 73.1 Å². The van der Waals surface area contributed by atoms with Crippen molar-refractivity contribution in [2.45, 2.75) is 0 Å². The van der Waals surface area contributed by atoms with E-state index in [1.54, 1.807) is 26.5 Å². The highest BCUT2D eigenvalue weighted by molar-refractivity contribution is 6.03. The van der Waals surface area contributed by atoms with Gasteiger partial charge in [-0.25, -0.2) is 5.43 Å². The van der Waals surface area contributed by atoms with E-state index < -0.39 is 5.91 Å². The Balaban J connectivity index is 1.63. The summed E-state index contributed by atoms with van der Waals surface area (Å²) >= 11 is 0. The Kier molecular flexibility index (Phi) is 4.68. The van der Waals surface area contributed by atoms with Crippen molar-refractivity contribution in [1.82, 2.24) is 5.43 Å². The second-order valence-electron chi connectivity index (χ2n) is 6.12. The van der Waals surface area contributed by atoms with Crippen molar-refractivity contribution in [3.05, 3.63) is 72.0 Å². The van der Waals surface area contributed by atoms with Gasteiger partial charge in [0, 0.05) is 10.9 Å². The summed E-state index contributed by atoms with van der Waals surface area (Å²) in [6, 6.07) is 18.7. The summed E-state index contributed by atoms with van der Waals surface area (Å²) in [5.41, 5.74) is 3.89. The van der Waals surface area contributed by atoms with E-state index >= 15 is 0 Å². The van der Waals surface area contributed by atoms with Crippen LogP contribution in [0, 0.1) is 0 Å². The normalized spacial score (nSPS) is 11.2. The number of rotatable bonds is 5. The Morgan fingerprint density at radius 2 is 1.82 bits per heavy atom. The number of carbonyl (C=O) groups is 1. The molecule has 0 saturated heterocycles. The molecule has 0 unspecified atom stereocenters. The van der Waals surface area contributed by atoms with Crippen LogP contribution in [0.2, 0.25) is 0 Å². The first-order valence-electron chi connectivity index (χ1n) is 8.66. The largest absolute Gasteiger partial charge is 0.497 e. The molecule has 0 aliphatic carbocycles. The summed E-state index contributed by atoms with van der Waals surface area (Å²) in [4.78, 5) is 12.4. The number of benzene rings is 3.